The Balaban J connectivity index is 1.82. The molecular formula is C15H28N2O2. The summed E-state index contributed by atoms with van der Waals surface area (Å²) in [5.74, 6) is 0.419. The lowest BCUT2D eigenvalue weighted by atomic mass is 10.0. The number of carbonyl (C=O) groups excluding carboxylic acids is 1. The van der Waals surface area contributed by atoms with E-state index >= 15 is 0 Å². The Hall–Kier alpha value is -0.610. The molecule has 0 aliphatic carbocycles. The van der Waals surface area contributed by atoms with Gasteiger partial charge in [-0.25, -0.2) is 0 Å². The minimum atomic E-state index is 0.148. The lowest BCUT2D eigenvalue weighted by Crippen LogP contribution is -2.48. The van der Waals surface area contributed by atoms with Crippen molar-refractivity contribution >= 4 is 5.91 Å². The van der Waals surface area contributed by atoms with Gasteiger partial charge in [-0.15, -0.1) is 0 Å². The van der Waals surface area contributed by atoms with Crippen LogP contribution in [-0.2, 0) is 4.79 Å². The van der Waals surface area contributed by atoms with E-state index in [9.17, 15) is 9.90 Å². The van der Waals surface area contributed by atoms with E-state index in [1.54, 1.807) is 0 Å². The van der Waals surface area contributed by atoms with E-state index in [-0.39, 0.29) is 18.4 Å². The van der Waals surface area contributed by atoms with E-state index < -0.39 is 0 Å². The Morgan fingerprint density at radius 3 is 2.84 bits per heavy atom. The zero-order valence-corrected chi connectivity index (χ0v) is 12.2. The summed E-state index contributed by atoms with van der Waals surface area (Å²) in [6.07, 6.45) is 6.72. The summed E-state index contributed by atoms with van der Waals surface area (Å²) in [6, 6.07) is 0.388. The number of hydrogen-bond acceptors (Lipinski definition) is 3. The normalized spacial score (nSPS) is 29.2. The SMILES string of the molecule is CCCCCN1CCCC(N2CC(CO)CC2=O)C1. The highest BCUT2D eigenvalue weighted by Crippen LogP contribution is 2.24. The van der Waals surface area contributed by atoms with Crippen LogP contribution in [0.15, 0.2) is 0 Å². The number of unbranched alkanes of at least 4 members (excludes halogenated alkanes) is 2. The molecule has 2 rings (SSSR count). The summed E-state index contributed by atoms with van der Waals surface area (Å²) in [5, 5.41) is 9.21. The average Bonchev–Trinajstić information content (AvgIpc) is 2.81. The summed E-state index contributed by atoms with van der Waals surface area (Å²) in [7, 11) is 0. The molecule has 0 spiro atoms. The van der Waals surface area contributed by atoms with Gasteiger partial charge < -0.3 is 14.9 Å². The largest absolute Gasteiger partial charge is 0.396 e. The summed E-state index contributed by atoms with van der Waals surface area (Å²) < 4.78 is 0. The Kier molecular flexibility index (Phi) is 5.64. The van der Waals surface area contributed by atoms with Gasteiger partial charge in [-0.1, -0.05) is 19.8 Å². The van der Waals surface area contributed by atoms with E-state index in [2.05, 4.69) is 11.8 Å². The number of hydrogen-bond donors (Lipinski definition) is 1. The van der Waals surface area contributed by atoms with E-state index in [1.165, 1.54) is 38.8 Å². The summed E-state index contributed by atoms with van der Waals surface area (Å²) in [5.41, 5.74) is 0. The zero-order chi connectivity index (χ0) is 13.7. The smallest absolute Gasteiger partial charge is 0.223 e. The Labute approximate surface area is 116 Å². The van der Waals surface area contributed by atoms with Crippen LogP contribution in [0.3, 0.4) is 0 Å². The predicted octanol–water partition coefficient (Wildman–Crippen LogP) is 1.48. The van der Waals surface area contributed by atoms with Crippen LogP contribution in [-0.4, -0.2) is 59.6 Å². The minimum Gasteiger partial charge on any atom is -0.396 e. The maximum atomic E-state index is 12.0. The first-order chi connectivity index (χ1) is 9.24. The molecule has 4 nitrogen and oxygen atoms in total. The van der Waals surface area contributed by atoms with Gasteiger partial charge in [0.25, 0.3) is 0 Å². The fourth-order valence-corrected chi connectivity index (χ4v) is 3.36. The molecule has 2 saturated heterocycles. The van der Waals surface area contributed by atoms with Crippen LogP contribution in [0.25, 0.3) is 0 Å². The first-order valence-corrected chi connectivity index (χ1v) is 7.87. The topological polar surface area (TPSA) is 43.8 Å². The lowest BCUT2D eigenvalue weighted by molar-refractivity contribution is -0.130. The van der Waals surface area contributed by atoms with Crippen LogP contribution < -0.4 is 0 Å². The van der Waals surface area contributed by atoms with Crippen molar-refractivity contribution in [3.8, 4) is 0 Å². The highest BCUT2D eigenvalue weighted by Gasteiger charge is 2.35. The second-order valence-corrected chi connectivity index (χ2v) is 6.10. The van der Waals surface area contributed by atoms with Gasteiger partial charge in [0.05, 0.1) is 0 Å². The van der Waals surface area contributed by atoms with Gasteiger partial charge in [0.2, 0.25) is 5.91 Å². The van der Waals surface area contributed by atoms with Crippen molar-refractivity contribution in [2.45, 2.75) is 51.5 Å². The van der Waals surface area contributed by atoms with Gasteiger partial charge in [0.1, 0.15) is 0 Å². The molecule has 1 N–H and O–H groups in total. The molecule has 2 heterocycles. The number of carbonyl (C=O) groups is 1. The molecule has 2 aliphatic heterocycles. The van der Waals surface area contributed by atoms with Gasteiger partial charge in [-0.05, 0) is 32.4 Å². The van der Waals surface area contributed by atoms with Gasteiger partial charge in [0, 0.05) is 38.1 Å². The van der Waals surface area contributed by atoms with Crippen LogP contribution in [0, 0.1) is 5.92 Å². The van der Waals surface area contributed by atoms with Crippen molar-refractivity contribution in [1.29, 1.82) is 0 Å². The number of piperidine rings is 1. The molecule has 2 fully saturated rings. The maximum absolute atomic E-state index is 12.0. The van der Waals surface area contributed by atoms with E-state index in [1.807, 2.05) is 4.90 Å². The van der Waals surface area contributed by atoms with Gasteiger partial charge in [-0.3, -0.25) is 4.79 Å². The van der Waals surface area contributed by atoms with Crippen molar-refractivity contribution < 1.29 is 9.90 Å². The van der Waals surface area contributed by atoms with Crippen molar-refractivity contribution in [2.75, 3.05) is 32.8 Å². The lowest BCUT2D eigenvalue weighted by Gasteiger charge is -2.37. The summed E-state index contributed by atoms with van der Waals surface area (Å²) in [6.45, 7) is 6.55. The van der Waals surface area contributed by atoms with Crippen molar-refractivity contribution in [3.63, 3.8) is 0 Å². The highest BCUT2D eigenvalue weighted by atomic mass is 16.3. The molecular weight excluding hydrogens is 240 g/mol. The molecule has 0 aromatic rings. The number of rotatable bonds is 6. The van der Waals surface area contributed by atoms with Crippen molar-refractivity contribution in [2.24, 2.45) is 5.92 Å². The summed E-state index contributed by atoms with van der Waals surface area (Å²) >= 11 is 0. The third-order valence-electron chi connectivity index (χ3n) is 4.50. The maximum Gasteiger partial charge on any atom is 0.223 e. The van der Waals surface area contributed by atoms with E-state index in [0.717, 1.165) is 19.5 Å². The Morgan fingerprint density at radius 2 is 2.16 bits per heavy atom. The zero-order valence-electron chi connectivity index (χ0n) is 12.2. The highest BCUT2D eigenvalue weighted by molar-refractivity contribution is 5.79. The number of amides is 1. The predicted molar refractivity (Wildman–Crippen MR) is 75.9 cm³/mol. The number of nitrogens with zero attached hydrogens (tertiary/aromatic N) is 2. The van der Waals surface area contributed by atoms with Crippen LogP contribution >= 0.6 is 0 Å². The molecule has 0 aromatic heterocycles. The molecule has 0 bridgehead atoms. The van der Waals surface area contributed by atoms with Gasteiger partial charge in [0.15, 0.2) is 0 Å². The first kappa shape index (κ1) is 14.8. The van der Waals surface area contributed by atoms with Crippen molar-refractivity contribution in [1.82, 2.24) is 9.80 Å². The third-order valence-corrected chi connectivity index (χ3v) is 4.50. The third kappa shape index (κ3) is 3.93. The Bertz CT molecular complexity index is 296. The molecule has 0 aromatic carbocycles. The van der Waals surface area contributed by atoms with Crippen molar-refractivity contribution in [3.05, 3.63) is 0 Å². The van der Waals surface area contributed by atoms with Crippen LogP contribution in [0.4, 0.5) is 0 Å². The molecule has 110 valence electrons. The van der Waals surface area contributed by atoms with Gasteiger partial charge >= 0.3 is 0 Å². The molecule has 1 amide bonds. The molecule has 0 radical (unpaired) electrons. The standard InChI is InChI=1S/C15H28N2O2/c1-2-3-4-7-16-8-5-6-14(11-16)17-10-13(12-18)9-15(17)19/h13-14,18H,2-12H2,1H3. The monoisotopic (exact) mass is 268 g/mol. The molecule has 19 heavy (non-hydrogen) atoms. The van der Waals surface area contributed by atoms with E-state index in [0.29, 0.717) is 12.5 Å². The molecule has 0 saturated carbocycles. The minimum absolute atomic E-state index is 0.148. The van der Waals surface area contributed by atoms with Crippen LogP contribution in [0.5, 0.6) is 0 Å². The summed E-state index contributed by atoms with van der Waals surface area (Å²) in [4.78, 5) is 16.6. The van der Waals surface area contributed by atoms with E-state index in [4.69, 9.17) is 0 Å². The number of aliphatic hydroxyl groups excluding tert-OH is 1. The molecule has 2 atom stereocenters. The fourth-order valence-electron chi connectivity index (χ4n) is 3.36. The Morgan fingerprint density at radius 1 is 1.32 bits per heavy atom. The van der Waals surface area contributed by atoms with Crippen LogP contribution in [0.1, 0.15) is 45.4 Å². The quantitative estimate of drug-likeness (QED) is 0.742. The molecule has 2 aliphatic rings. The second-order valence-electron chi connectivity index (χ2n) is 6.10. The molecule has 2 unspecified atom stereocenters. The molecule has 4 heteroatoms. The number of aliphatic hydroxyl groups is 1. The second kappa shape index (κ2) is 7.25. The number of likely N-dealkylation sites (tertiary alicyclic amines) is 2. The van der Waals surface area contributed by atoms with Gasteiger partial charge in [-0.2, -0.15) is 0 Å². The fraction of sp³-hybridized carbons (Fsp3) is 0.933. The average molecular weight is 268 g/mol. The van der Waals surface area contributed by atoms with Crippen LogP contribution in [0.2, 0.25) is 0 Å². The first-order valence-electron chi connectivity index (χ1n) is 7.87.